The van der Waals surface area contributed by atoms with Gasteiger partial charge in [0.2, 0.25) is 0 Å². The van der Waals surface area contributed by atoms with Gasteiger partial charge in [0.1, 0.15) is 5.75 Å². The van der Waals surface area contributed by atoms with E-state index in [1.807, 2.05) is 12.3 Å². The second kappa shape index (κ2) is 5.57. The minimum absolute atomic E-state index is 0.637. The fourth-order valence-corrected chi connectivity index (χ4v) is 3.15. The second-order valence-electron chi connectivity index (χ2n) is 5.33. The number of aromatic nitrogens is 1. The zero-order valence-electron chi connectivity index (χ0n) is 11.1. The van der Waals surface area contributed by atoms with Crippen LogP contribution >= 0.6 is 0 Å². The third kappa shape index (κ3) is 2.71. The van der Waals surface area contributed by atoms with E-state index < -0.39 is 0 Å². The van der Waals surface area contributed by atoms with E-state index in [2.05, 4.69) is 23.0 Å². The molecule has 0 saturated carbocycles. The Hall–Kier alpha value is -1.61. The lowest BCUT2D eigenvalue weighted by Gasteiger charge is -2.36. The van der Waals surface area contributed by atoms with E-state index in [-0.39, 0.29) is 0 Å². The molecule has 1 fully saturated rings. The molecule has 1 aliphatic heterocycles. The van der Waals surface area contributed by atoms with Crippen LogP contribution in [-0.4, -0.2) is 17.6 Å². The molecule has 0 amide bonds. The van der Waals surface area contributed by atoms with Gasteiger partial charge in [0.05, 0.1) is 12.5 Å². The number of ether oxygens (including phenoxy) is 1. The summed E-state index contributed by atoms with van der Waals surface area (Å²) < 4.78 is 5.30. The highest BCUT2D eigenvalue weighted by Crippen LogP contribution is 2.35. The van der Waals surface area contributed by atoms with Crippen molar-refractivity contribution in [3.63, 3.8) is 0 Å². The molecule has 100 valence electrons. The van der Waals surface area contributed by atoms with Crippen molar-refractivity contribution in [2.24, 2.45) is 5.92 Å². The largest absolute Gasteiger partial charge is 0.464 e. The van der Waals surface area contributed by atoms with Crippen LogP contribution in [0.5, 0.6) is 5.75 Å². The fourth-order valence-electron chi connectivity index (χ4n) is 3.15. The molecule has 1 N–H and O–H groups in total. The summed E-state index contributed by atoms with van der Waals surface area (Å²) in [6, 6.07) is 2.68. The lowest BCUT2D eigenvalue weighted by Crippen LogP contribution is -2.42. The summed E-state index contributed by atoms with van der Waals surface area (Å²) in [4.78, 5) is 4.25. The summed E-state index contributed by atoms with van der Waals surface area (Å²) in [7, 11) is 0. The summed E-state index contributed by atoms with van der Waals surface area (Å²) in [6.07, 6.45) is 12.4. The van der Waals surface area contributed by atoms with Crippen molar-refractivity contribution in [3.05, 3.63) is 42.9 Å². The number of fused-ring (bicyclic) bond motifs is 1. The van der Waals surface area contributed by atoms with E-state index in [0.717, 1.165) is 24.6 Å². The van der Waals surface area contributed by atoms with E-state index in [1.54, 1.807) is 6.20 Å². The molecule has 2 aliphatic rings. The number of pyridine rings is 1. The van der Waals surface area contributed by atoms with Gasteiger partial charge in [-0.05, 0) is 55.3 Å². The van der Waals surface area contributed by atoms with Crippen LogP contribution in [0.15, 0.2) is 37.4 Å². The second-order valence-corrected chi connectivity index (χ2v) is 5.33. The van der Waals surface area contributed by atoms with E-state index in [9.17, 15) is 0 Å². The molecule has 0 spiro atoms. The average molecular weight is 256 g/mol. The highest BCUT2D eigenvalue weighted by Gasteiger charge is 2.28. The van der Waals surface area contributed by atoms with Gasteiger partial charge in [0.15, 0.2) is 0 Å². The third-order valence-electron chi connectivity index (χ3n) is 4.14. The maximum absolute atomic E-state index is 5.30. The van der Waals surface area contributed by atoms with Gasteiger partial charge >= 0.3 is 0 Å². The molecule has 0 unspecified atom stereocenters. The van der Waals surface area contributed by atoms with Gasteiger partial charge in [-0.2, -0.15) is 0 Å². The molecular formula is C16H20N2O. The molecule has 0 aromatic carbocycles. The van der Waals surface area contributed by atoms with E-state index >= 15 is 0 Å². The SMILES string of the molecule is C=COc1cncc(C2=CC[C@H]3CCCN[C@H]3C2)c1. The Morgan fingerprint density at radius 3 is 3.26 bits per heavy atom. The smallest absolute Gasteiger partial charge is 0.145 e. The summed E-state index contributed by atoms with van der Waals surface area (Å²) in [5.74, 6) is 1.57. The molecule has 3 rings (SSSR count). The highest BCUT2D eigenvalue weighted by molar-refractivity contribution is 5.67. The van der Waals surface area contributed by atoms with Crippen LogP contribution in [0.25, 0.3) is 5.57 Å². The molecule has 1 aromatic heterocycles. The van der Waals surface area contributed by atoms with Gasteiger partial charge in [0.25, 0.3) is 0 Å². The molecule has 1 saturated heterocycles. The number of hydrogen-bond donors (Lipinski definition) is 1. The standard InChI is InChI=1S/C16H20N2O/c1-2-19-15-8-14(10-17-11-15)13-6-5-12-4-3-7-18-16(12)9-13/h2,6,8,10-12,16,18H,1,3-5,7,9H2/t12-,16+/m1/s1. The molecule has 0 radical (unpaired) electrons. The Bertz CT molecular complexity index is 495. The summed E-state index contributed by atoms with van der Waals surface area (Å²) in [6.45, 7) is 4.74. The molecule has 1 aromatic rings. The molecule has 2 atom stereocenters. The first-order valence-corrected chi connectivity index (χ1v) is 7.02. The van der Waals surface area contributed by atoms with Crippen LogP contribution in [0.3, 0.4) is 0 Å². The predicted octanol–water partition coefficient (Wildman–Crippen LogP) is 3.15. The van der Waals surface area contributed by atoms with Gasteiger partial charge in [-0.3, -0.25) is 4.98 Å². The van der Waals surface area contributed by atoms with Crippen LogP contribution in [0, 0.1) is 5.92 Å². The Kier molecular flexibility index (Phi) is 3.65. The molecule has 3 nitrogen and oxygen atoms in total. The quantitative estimate of drug-likeness (QED) is 0.844. The van der Waals surface area contributed by atoms with Crippen molar-refractivity contribution in [1.29, 1.82) is 0 Å². The zero-order chi connectivity index (χ0) is 13.1. The van der Waals surface area contributed by atoms with E-state index in [4.69, 9.17) is 4.74 Å². The molecule has 0 bridgehead atoms. The maximum atomic E-state index is 5.30. The van der Waals surface area contributed by atoms with Gasteiger partial charge in [0, 0.05) is 12.2 Å². The number of allylic oxidation sites excluding steroid dienone is 1. The van der Waals surface area contributed by atoms with Crippen molar-refractivity contribution in [1.82, 2.24) is 10.3 Å². The van der Waals surface area contributed by atoms with Gasteiger partial charge < -0.3 is 10.1 Å². The van der Waals surface area contributed by atoms with Crippen molar-refractivity contribution in [3.8, 4) is 5.75 Å². The van der Waals surface area contributed by atoms with Crippen LogP contribution in [-0.2, 0) is 0 Å². The average Bonchev–Trinajstić information content (AvgIpc) is 2.47. The fraction of sp³-hybridized carbons (Fsp3) is 0.438. The van der Waals surface area contributed by atoms with Gasteiger partial charge in [-0.25, -0.2) is 0 Å². The molecular weight excluding hydrogens is 236 g/mol. The number of hydrogen-bond acceptors (Lipinski definition) is 3. The van der Waals surface area contributed by atoms with Crippen molar-refractivity contribution in [2.75, 3.05) is 6.54 Å². The summed E-state index contributed by atoms with van der Waals surface area (Å²) >= 11 is 0. The Morgan fingerprint density at radius 1 is 1.42 bits per heavy atom. The highest BCUT2D eigenvalue weighted by atomic mass is 16.5. The topological polar surface area (TPSA) is 34.1 Å². The van der Waals surface area contributed by atoms with Crippen LogP contribution in [0.4, 0.5) is 0 Å². The Balaban J connectivity index is 1.80. The summed E-state index contributed by atoms with van der Waals surface area (Å²) in [5, 5.41) is 3.65. The molecule has 1 aliphatic carbocycles. The van der Waals surface area contributed by atoms with E-state index in [0.29, 0.717) is 6.04 Å². The molecule has 3 heteroatoms. The van der Waals surface area contributed by atoms with Crippen LogP contribution in [0.2, 0.25) is 0 Å². The van der Waals surface area contributed by atoms with Crippen molar-refractivity contribution < 1.29 is 4.74 Å². The zero-order valence-corrected chi connectivity index (χ0v) is 11.1. The first kappa shape index (κ1) is 12.4. The minimum Gasteiger partial charge on any atom is -0.464 e. The molecule has 19 heavy (non-hydrogen) atoms. The Labute approximate surface area is 114 Å². The first-order chi connectivity index (χ1) is 9.36. The Morgan fingerprint density at radius 2 is 2.37 bits per heavy atom. The predicted molar refractivity (Wildman–Crippen MR) is 76.8 cm³/mol. The number of nitrogens with one attached hydrogen (secondary N) is 1. The normalized spacial score (nSPS) is 26.2. The monoisotopic (exact) mass is 256 g/mol. The lowest BCUT2D eigenvalue weighted by atomic mass is 9.78. The lowest BCUT2D eigenvalue weighted by molar-refractivity contribution is 0.278. The van der Waals surface area contributed by atoms with Gasteiger partial charge in [-0.1, -0.05) is 12.7 Å². The van der Waals surface area contributed by atoms with Crippen molar-refractivity contribution >= 4 is 5.57 Å². The number of rotatable bonds is 3. The minimum atomic E-state index is 0.637. The third-order valence-corrected chi connectivity index (χ3v) is 4.14. The van der Waals surface area contributed by atoms with Crippen LogP contribution in [0.1, 0.15) is 31.2 Å². The van der Waals surface area contributed by atoms with Crippen molar-refractivity contribution in [2.45, 2.75) is 31.7 Å². The summed E-state index contributed by atoms with van der Waals surface area (Å²) in [5.41, 5.74) is 2.56. The van der Waals surface area contributed by atoms with E-state index in [1.165, 1.54) is 36.7 Å². The van der Waals surface area contributed by atoms with Crippen LogP contribution < -0.4 is 10.1 Å². The molecule has 2 heterocycles. The first-order valence-electron chi connectivity index (χ1n) is 7.02. The maximum Gasteiger partial charge on any atom is 0.145 e. The number of nitrogens with zero attached hydrogens (tertiary/aromatic N) is 1. The number of piperidine rings is 1. The van der Waals surface area contributed by atoms with Gasteiger partial charge in [-0.15, -0.1) is 0 Å².